The van der Waals surface area contributed by atoms with E-state index in [4.69, 9.17) is 11.6 Å². The number of benzene rings is 1. The number of amides is 1. The number of hydrogen-bond acceptors (Lipinski definition) is 5. The summed E-state index contributed by atoms with van der Waals surface area (Å²) in [6.07, 6.45) is 0. The lowest BCUT2D eigenvalue weighted by atomic mass is 10.2. The fourth-order valence-electron chi connectivity index (χ4n) is 2.31. The summed E-state index contributed by atoms with van der Waals surface area (Å²) >= 11 is 8.99. The van der Waals surface area contributed by atoms with Crippen LogP contribution in [-0.4, -0.2) is 26.4 Å². The van der Waals surface area contributed by atoms with Gasteiger partial charge in [-0.3, -0.25) is 4.79 Å². The number of thiophene rings is 1. The molecule has 3 aromatic rings. The monoisotopic (exact) mass is 392 g/mol. The summed E-state index contributed by atoms with van der Waals surface area (Å²) in [7, 11) is 0. The minimum Gasteiger partial charge on any atom is -0.325 e. The maximum atomic E-state index is 12.3. The zero-order chi connectivity index (χ0) is 17.8. The molecule has 2 heterocycles. The van der Waals surface area contributed by atoms with E-state index in [9.17, 15) is 4.79 Å². The van der Waals surface area contributed by atoms with E-state index >= 15 is 0 Å². The van der Waals surface area contributed by atoms with Crippen LogP contribution in [0.15, 0.2) is 40.9 Å². The summed E-state index contributed by atoms with van der Waals surface area (Å²) in [4.78, 5) is 13.3. The fourth-order valence-corrected chi connectivity index (χ4v) is 4.01. The van der Waals surface area contributed by atoms with Crippen LogP contribution < -0.4 is 5.32 Å². The summed E-state index contributed by atoms with van der Waals surface area (Å²) in [6, 6.07) is 9.44. The Morgan fingerprint density at radius 2 is 2.20 bits per heavy atom. The number of rotatable bonds is 6. The van der Waals surface area contributed by atoms with Gasteiger partial charge < -0.3 is 9.88 Å². The second kappa shape index (κ2) is 8.03. The molecule has 1 amide bonds. The lowest BCUT2D eigenvalue weighted by Crippen LogP contribution is -2.15. The normalized spacial score (nSPS) is 10.8. The molecular weight excluding hydrogens is 376 g/mol. The van der Waals surface area contributed by atoms with Crippen LogP contribution in [-0.2, 0) is 11.3 Å². The van der Waals surface area contributed by atoms with Gasteiger partial charge >= 0.3 is 0 Å². The minimum atomic E-state index is -0.0984. The average Bonchev–Trinajstić information content (AvgIpc) is 3.24. The molecule has 0 spiro atoms. The van der Waals surface area contributed by atoms with Gasteiger partial charge in [-0.25, -0.2) is 0 Å². The van der Waals surface area contributed by atoms with E-state index in [1.807, 2.05) is 42.0 Å². The third-order valence-electron chi connectivity index (χ3n) is 3.58. The van der Waals surface area contributed by atoms with Gasteiger partial charge in [0.15, 0.2) is 11.0 Å². The van der Waals surface area contributed by atoms with E-state index in [0.717, 1.165) is 33.7 Å². The zero-order valence-electron chi connectivity index (χ0n) is 13.8. The molecule has 1 N–H and O–H groups in total. The Bertz CT molecular complexity index is 877. The highest BCUT2D eigenvalue weighted by molar-refractivity contribution is 7.99. The number of nitrogens with zero attached hydrogens (tertiary/aromatic N) is 3. The molecule has 8 heteroatoms. The van der Waals surface area contributed by atoms with E-state index in [2.05, 4.69) is 15.5 Å². The van der Waals surface area contributed by atoms with Crippen molar-refractivity contribution in [1.82, 2.24) is 14.8 Å². The number of thioether (sulfide) groups is 1. The number of anilines is 1. The summed E-state index contributed by atoms with van der Waals surface area (Å²) in [5.41, 5.74) is 1.70. The van der Waals surface area contributed by atoms with Crippen molar-refractivity contribution in [3.8, 4) is 10.7 Å². The fraction of sp³-hybridized carbons (Fsp3) is 0.235. The molecule has 0 radical (unpaired) electrons. The van der Waals surface area contributed by atoms with Crippen molar-refractivity contribution < 1.29 is 4.79 Å². The van der Waals surface area contributed by atoms with Crippen LogP contribution in [0.3, 0.4) is 0 Å². The van der Waals surface area contributed by atoms with Gasteiger partial charge in [0.2, 0.25) is 5.91 Å². The second-order valence-corrected chi connectivity index (χ2v) is 7.65. The van der Waals surface area contributed by atoms with E-state index < -0.39 is 0 Å². The quantitative estimate of drug-likeness (QED) is 0.616. The molecule has 0 saturated heterocycles. The molecule has 3 rings (SSSR count). The van der Waals surface area contributed by atoms with E-state index in [0.29, 0.717) is 5.02 Å². The van der Waals surface area contributed by atoms with Crippen LogP contribution in [0.2, 0.25) is 5.02 Å². The number of hydrogen-bond donors (Lipinski definition) is 1. The molecule has 0 unspecified atom stereocenters. The van der Waals surface area contributed by atoms with Crippen LogP contribution in [0.1, 0.15) is 12.5 Å². The van der Waals surface area contributed by atoms with Gasteiger partial charge in [-0.1, -0.05) is 35.5 Å². The number of carbonyl (C=O) groups excluding carboxylic acids is 1. The summed E-state index contributed by atoms with van der Waals surface area (Å²) < 4.78 is 2.02. The van der Waals surface area contributed by atoms with Crippen LogP contribution in [0, 0.1) is 6.92 Å². The number of carbonyl (C=O) groups is 1. The van der Waals surface area contributed by atoms with Gasteiger partial charge in [0.1, 0.15) is 0 Å². The Morgan fingerprint density at radius 3 is 2.92 bits per heavy atom. The Kier molecular flexibility index (Phi) is 5.78. The number of halogens is 1. The Hall–Kier alpha value is -1.83. The SMILES string of the molecule is CCn1c(SCC(=O)Nc2cc(Cl)ccc2C)nnc1-c1cccs1. The molecule has 0 aliphatic heterocycles. The van der Waals surface area contributed by atoms with Crippen molar-refractivity contribution in [3.05, 3.63) is 46.3 Å². The topological polar surface area (TPSA) is 59.8 Å². The minimum absolute atomic E-state index is 0.0984. The van der Waals surface area contributed by atoms with E-state index in [1.54, 1.807) is 23.5 Å². The summed E-state index contributed by atoms with van der Waals surface area (Å²) in [5.74, 6) is 0.999. The lowest BCUT2D eigenvalue weighted by Gasteiger charge is -2.09. The molecule has 0 aliphatic carbocycles. The third kappa shape index (κ3) is 4.23. The van der Waals surface area contributed by atoms with Crippen molar-refractivity contribution in [1.29, 1.82) is 0 Å². The van der Waals surface area contributed by atoms with Crippen LogP contribution in [0.25, 0.3) is 10.7 Å². The highest BCUT2D eigenvalue weighted by Crippen LogP contribution is 2.27. The molecule has 0 fully saturated rings. The molecule has 130 valence electrons. The number of aryl methyl sites for hydroxylation is 1. The van der Waals surface area contributed by atoms with Crippen molar-refractivity contribution in [3.63, 3.8) is 0 Å². The van der Waals surface area contributed by atoms with Gasteiger partial charge in [-0.05, 0) is 43.0 Å². The second-order valence-electron chi connectivity index (χ2n) is 5.32. The molecule has 0 aliphatic rings. The van der Waals surface area contributed by atoms with Gasteiger partial charge in [0, 0.05) is 17.3 Å². The highest BCUT2D eigenvalue weighted by atomic mass is 35.5. The molecule has 0 bridgehead atoms. The van der Waals surface area contributed by atoms with Gasteiger partial charge in [0.25, 0.3) is 0 Å². The van der Waals surface area contributed by atoms with Crippen molar-refractivity contribution in [2.75, 3.05) is 11.1 Å². The smallest absolute Gasteiger partial charge is 0.234 e. The van der Waals surface area contributed by atoms with E-state index in [-0.39, 0.29) is 11.7 Å². The molecule has 1 aromatic carbocycles. The Balaban J connectivity index is 1.67. The largest absolute Gasteiger partial charge is 0.325 e. The Labute approximate surface area is 159 Å². The Morgan fingerprint density at radius 1 is 1.36 bits per heavy atom. The first-order chi connectivity index (χ1) is 12.1. The molecule has 0 saturated carbocycles. The summed E-state index contributed by atoms with van der Waals surface area (Å²) in [6.45, 7) is 4.72. The first-order valence-electron chi connectivity index (χ1n) is 7.74. The number of aromatic nitrogens is 3. The van der Waals surface area contributed by atoms with Crippen LogP contribution in [0.4, 0.5) is 5.69 Å². The van der Waals surface area contributed by atoms with Crippen LogP contribution in [0.5, 0.6) is 0 Å². The average molecular weight is 393 g/mol. The van der Waals surface area contributed by atoms with E-state index in [1.165, 1.54) is 11.8 Å². The van der Waals surface area contributed by atoms with Crippen LogP contribution >= 0.6 is 34.7 Å². The molecule has 2 aromatic heterocycles. The van der Waals surface area contributed by atoms with Crippen molar-refractivity contribution in [2.24, 2.45) is 0 Å². The number of nitrogens with one attached hydrogen (secondary N) is 1. The highest BCUT2D eigenvalue weighted by Gasteiger charge is 2.15. The maximum absolute atomic E-state index is 12.3. The first-order valence-corrected chi connectivity index (χ1v) is 9.98. The van der Waals surface area contributed by atoms with Gasteiger partial charge in [0.05, 0.1) is 10.6 Å². The molecule has 25 heavy (non-hydrogen) atoms. The molecule has 0 atom stereocenters. The standard InChI is InChI=1S/C17H17ClN4OS2/c1-3-22-16(14-5-4-8-24-14)20-21-17(22)25-10-15(23)19-13-9-12(18)7-6-11(13)2/h4-9H,3,10H2,1-2H3,(H,19,23). The van der Waals surface area contributed by atoms with Gasteiger partial charge in [-0.2, -0.15) is 0 Å². The summed E-state index contributed by atoms with van der Waals surface area (Å²) in [5, 5.41) is 14.7. The van der Waals surface area contributed by atoms with Gasteiger partial charge in [-0.15, -0.1) is 21.5 Å². The van der Waals surface area contributed by atoms with Crippen molar-refractivity contribution in [2.45, 2.75) is 25.5 Å². The van der Waals surface area contributed by atoms with Crippen molar-refractivity contribution >= 4 is 46.3 Å². The first kappa shape index (κ1) is 18.0. The third-order valence-corrected chi connectivity index (χ3v) is 5.65. The predicted octanol–water partition coefficient (Wildman–Crippen LogP) is 4.72. The maximum Gasteiger partial charge on any atom is 0.234 e. The molecular formula is C17H17ClN4OS2. The zero-order valence-corrected chi connectivity index (χ0v) is 16.2. The predicted molar refractivity (Wildman–Crippen MR) is 105 cm³/mol. The molecule has 5 nitrogen and oxygen atoms in total. The lowest BCUT2D eigenvalue weighted by molar-refractivity contribution is -0.113.